The molecule has 50 heavy (non-hydrogen) atoms. The van der Waals surface area contributed by atoms with Crippen LogP contribution in [-0.4, -0.2) is 86.4 Å². The van der Waals surface area contributed by atoms with Gasteiger partial charge in [0.15, 0.2) is 0 Å². The van der Waals surface area contributed by atoms with Gasteiger partial charge in [0.2, 0.25) is 11.8 Å². The van der Waals surface area contributed by atoms with E-state index in [9.17, 15) is 28.7 Å². The number of nitrogens with zero attached hydrogens (tertiary/aromatic N) is 4. The number of hydrogen-bond acceptors (Lipinski definition) is 7. The van der Waals surface area contributed by atoms with Gasteiger partial charge in [-0.15, -0.1) is 6.58 Å². The number of amides is 4. The number of hydrogen-bond donors (Lipinski definition) is 3. The highest BCUT2D eigenvalue weighted by atomic mass is 31.2. The summed E-state index contributed by atoms with van der Waals surface area (Å²) >= 11 is 0. The fraction of sp³-hybridized carbons (Fsp3) is 0.361. The predicted octanol–water partition coefficient (Wildman–Crippen LogP) is 4.20. The standard InChI is InChI=1S/C36H44N5O8P/c1-6-19-39-24-32(42)40-30(20-25-15-17-28(18-16-25)49-50(45,46)47)34(43)38(22-27-13-10-14-29(33(27)48-5)36(2,3)4)23-31(40)41(39)35(44)37-21-26-11-8-7-9-12-26/h6-18,30-31H,1,19-24H2,2-5H3,(H,37,44)(H2,45,46,47)/t30-,31-/m0/s1. The Morgan fingerprint density at radius 2 is 1.72 bits per heavy atom. The van der Waals surface area contributed by atoms with E-state index < -0.39 is 26.1 Å². The number of phosphoric acid groups is 1. The Morgan fingerprint density at radius 3 is 2.34 bits per heavy atom. The Labute approximate surface area is 292 Å². The van der Waals surface area contributed by atoms with Gasteiger partial charge in [-0.2, -0.15) is 0 Å². The van der Waals surface area contributed by atoms with E-state index in [1.165, 1.54) is 22.0 Å². The number of nitrogens with one attached hydrogen (secondary N) is 1. The van der Waals surface area contributed by atoms with Crippen LogP contribution in [-0.2, 0) is 39.1 Å². The minimum absolute atomic E-state index is 0.0332. The maximum atomic E-state index is 14.5. The Balaban J connectivity index is 1.53. The largest absolute Gasteiger partial charge is 0.524 e. The summed E-state index contributed by atoms with van der Waals surface area (Å²) in [4.78, 5) is 64.0. The first-order valence-electron chi connectivity index (χ1n) is 16.3. The van der Waals surface area contributed by atoms with Gasteiger partial charge in [-0.05, 0) is 34.2 Å². The maximum absolute atomic E-state index is 14.5. The normalized spacial score (nSPS) is 18.5. The highest BCUT2D eigenvalue weighted by molar-refractivity contribution is 7.46. The molecule has 14 heteroatoms. The third-order valence-corrected chi connectivity index (χ3v) is 9.16. The molecule has 2 fully saturated rings. The van der Waals surface area contributed by atoms with Crippen molar-refractivity contribution in [1.29, 1.82) is 0 Å². The fourth-order valence-electron chi connectivity index (χ4n) is 6.49. The number of piperazine rings is 1. The summed E-state index contributed by atoms with van der Waals surface area (Å²) in [7, 11) is -3.17. The smallest absolute Gasteiger partial charge is 0.496 e. The van der Waals surface area contributed by atoms with Crippen LogP contribution < -0.4 is 14.6 Å². The lowest BCUT2D eigenvalue weighted by atomic mass is 9.85. The number of benzene rings is 3. The summed E-state index contributed by atoms with van der Waals surface area (Å²) in [5.74, 6) is -0.0125. The van der Waals surface area contributed by atoms with Crippen LogP contribution in [0.15, 0.2) is 85.5 Å². The van der Waals surface area contributed by atoms with Gasteiger partial charge in [-0.25, -0.2) is 19.4 Å². The molecule has 0 unspecified atom stereocenters. The molecule has 0 spiro atoms. The molecule has 2 saturated heterocycles. The van der Waals surface area contributed by atoms with E-state index in [4.69, 9.17) is 4.74 Å². The average Bonchev–Trinajstić information content (AvgIpc) is 3.05. The first kappa shape index (κ1) is 36.6. The third kappa shape index (κ3) is 8.36. The number of rotatable bonds is 11. The van der Waals surface area contributed by atoms with E-state index in [0.717, 1.165) is 16.7 Å². The first-order valence-corrected chi connectivity index (χ1v) is 17.8. The van der Waals surface area contributed by atoms with Crippen LogP contribution in [0, 0.1) is 0 Å². The topological polar surface area (TPSA) is 152 Å². The van der Waals surface area contributed by atoms with E-state index in [0.29, 0.717) is 11.3 Å². The minimum atomic E-state index is -4.77. The molecule has 266 valence electrons. The second kappa shape index (κ2) is 15.1. The van der Waals surface area contributed by atoms with Gasteiger partial charge in [0.05, 0.1) is 20.2 Å². The van der Waals surface area contributed by atoms with Gasteiger partial charge in [0, 0.05) is 31.6 Å². The van der Waals surface area contributed by atoms with Crippen molar-refractivity contribution in [2.75, 3.05) is 26.7 Å². The van der Waals surface area contributed by atoms with Crippen LogP contribution in [0.25, 0.3) is 0 Å². The first-order chi connectivity index (χ1) is 23.7. The maximum Gasteiger partial charge on any atom is 0.524 e. The zero-order valence-corrected chi connectivity index (χ0v) is 29.6. The molecular weight excluding hydrogens is 661 g/mol. The molecule has 0 radical (unpaired) electrons. The van der Waals surface area contributed by atoms with E-state index in [1.807, 2.05) is 48.5 Å². The molecule has 2 aliphatic heterocycles. The Morgan fingerprint density at radius 1 is 1.02 bits per heavy atom. The number of fused-ring (bicyclic) bond motifs is 1. The molecule has 3 N–H and O–H groups in total. The molecule has 0 saturated carbocycles. The molecule has 2 aliphatic rings. The quantitative estimate of drug-likeness (QED) is 0.197. The zero-order valence-electron chi connectivity index (χ0n) is 28.7. The molecule has 0 aliphatic carbocycles. The van der Waals surface area contributed by atoms with Gasteiger partial charge in [0.1, 0.15) is 23.7 Å². The van der Waals surface area contributed by atoms with Crippen molar-refractivity contribution in [2.24, 2.45) is 0 Å². The lowest BCUT2D eigenvalue weighted by Crippen LogP contribution is -2.76. The number of methoxy groups -OCH3 is 1. The number of carbonyl (C=O) groups is 3. The molecule has 2 heterocycles. The highest BCUT2D eigenvalue weighted by Crippen LogP contribution is 2.38. The number of para-hydroxylation sites is 1. The Kier molecular flexibility index (Phi) is 11.0. The van der Waals surface area contributed by atoms with Crippen LogP contribution in [0.5, 0.6) is 11.5 Å². The summed E-state index contributed by atoms with van der Waals surface area (Å²) in [6.45, 7) is 10.6. The van der Waals surface area contributed by atoms with Crippen molar-refractivity contribution >= 4 is 25.7 Å². The SMILES string of the molecule is C=CCN1CC(=O)N2[C@@H](Cc3ccc(OP(=O)(O)O)cc3)C(=O)N(Cc3cccc(C(C)(C)C)c3OC)C[C@@H]2N1C(=O)NCc1ccccc1. The molecule has 5 rings (SSSR count). The number of carbonyl (C=O) groups excluding carboxylic acids is 3. The Bertz CT molecular complexity index is 1760. The average molecular weight is 706 g/mol. The number of hydrazine groups is 1. The summed E-state index contributed by atoms with van der Waals surface area (Å²) < 4.78 is 21.9. The van der Waals surface area contributed by atoms with Crippen molar-refractivity contribution in [3.8, 4) is 11.5 Å². The number of phosphoric ester groups is 1. The fourth-order valence-corrected chi connectivity index (χ4v) is 6.89. The van der Waals surface area contributed by atoms with Crippen molar-refractivity contribution in [3.05, 3.63) is 108 Å². The van der Waals surface area contributed by atoms with E-state index in [1.54, 1.807) is 35.2 Å². The van der Waals surface area contributed by atoms with Crippen molar-refractivity contribution in [1.82, 2.24) is 25.1 Å². The molecule has 0 aromatic heterocycles. The van der Waals surface area contributed by atoms with Crippen LogP contribution in [0.4, 0.5) is 4.79 Å². The van der Waals surface area contributed by atoms with Crippen LogP contribution in [0.2, 0.25) is 0 Å². The second-order valence-corrected chi connectivity index (χ2v) is 14.5. The van der Waals surface area contributed by atoms with E-state index in [-0.39, 0.29) is 62.1 Å². The predicted molar refractivity (Wildman–Crippen MR) is 187 cm³/mol. The third-order valence-electron chi connectivity index (χ3n) is 8.71. The molecule has 3 aromatic carbocycles. The van der Waals surface area contributed by atoms with Crippen LogP contribution in [0.3, 0.4) is 0 Å². The van der Waals surface area contributed by atoms with Gasteiger partial charge in [-0.3, -0.25) is 19.4 Å². The minimum Gasteiger partial charge on any atom is -0.496 e. The van der Waals surface area contributed by atoms with Gasteiger partial charge < -0.3 is 24.4 Å². The molecule has 0 bridgehead atoms. The summed E-state index contributed by atoms with van der Waals surface area (Å²) in [5.41, 5.74) is 3.04. The lowest BCUT2D eigenvalue weighted by Gasteiger charge is -2.55. The molecule has 3 aromatic rings. The summed E-state index contributed by atoms with van der Waals surface area (Å²) in [5, 5.41) is 6.13. The lowest BCUT2D eigenvalue weighted by molar-refractivity contribution is -0.189. The highest BCUT2D eigenvalue weighted by Gasteiger charge is 2.51. The summed E-state index contributed by atoms with van der Waals surface area (Å²) in [6.07, 6.45) is 0.838. The molecule has 13 nitrogen and oxygen atoms in total. The monoisotopic (exact) mass is 705 g/mol. The van der Waals surface area contributed by atoms with Gasteiger partial charge in [-0.1, -0.05) is 87.5 Å². The van der Waals surface area contributed by atoms with Crippen LogP contribution in [0.1, 0.15) is 43.0 Å². The molecule has 4 amide bonds. The molecular formula is C36H44N5O8P. The number of urea groups is 1. The Hall–Kier alpha value is -4.68. The van der Waals surface area contributed by atoms with Gasteiger partial charge in [0.25, 0.3) is 0 Å². The summed E-state index contributed by atoms with van der Waals surface area (Å²) in [6, 6.07) is 19.8. The van der Waals surface area contributed by atoms with E-state index >= 15 is 0 Å². The second-order valence-electron chi connectivity index (χ2n) is 13.3. The van der Waals surface area contributed by atoms with Crippen LogP contribution >= 0.6 is 7.82 Å². The zero-order chi connectivity index (χ0) is 36.2. The molecule has 2 atom stereocenters. The van der Waals surface area contributed by atoms with E-state index in [2.05, 4.69) is 37.2 Å². The van der Waals surface area contributed by atoms with Crippen molar-refractivity contribution < 1.29 is 38.0 Å². The van der Waals surface area contributed by atoms with Gasteiger partial charge >= 0.3 is 13.9 Å². The van der Waals surface area contributed by atoms with Crippen molar-refractivity contribution in [3.63, 3.8) is 0 Å². The number of ether oxygens (including phenoxy) is 1. The van der Waals surface area contributed by atoms with Crippen molar-refractivity contribution in [2.45, 2.75) is 57.9 Å².